The maximum Gasteiger partial charge on any atom is 0.225 e. The number of carbonyl (C=O) groups excluding carboxylic acids is 1. The first-order valence-corrected chi connectivity index (χ1v) is 9.79. The highest BCUT2D eigenvalue weighted by molar-refractivity contribution is 5.82. The molecule has 2 aliphatic heterocycles. The molecule has 2 aliphatic rings. The van der Waals surface area contributed by atoms with E-state index in [4.69, 9.17) is 4.74 Å². The van der Waals surface area contributed by atoms with Crippen LogP contribution in [-0.2, 0) is 16.0 Å². The number of piperazine rings is 1. The molecule has 4 rings (SSSR count). The summed E-state index contributed by atoms with van der Waals surface area (Å²) >= 11 is 0. The number of para-hydroxylation sites is 1. The SMILES string of the molecule is COCCNC(=O)[C@@H]1Cc2ccccc2N2CCN(c3ccc(F)cc3)C[C@H]12. The molecular weight excluding hydrogens is 357 g/mol. The number of amides is 1. The van der Waals surface area contributed by atoms with Gasteiger partial charge in [-0.15, -0.1) is 0 Å². The minimum Gasteiger partial charge on any atom is -0.383 e. The largest absolute Gasteiger partial charge is 0.383 e. The van der Waals surface area contributed by atoms with Crippen molar-refractivity contribution in [1.82, 2.24) is 5.32 Å². The summed E-state index contributed by atoms with van der Waals surface area (Å²) in [7, 11) is 1.63. The molecule has 148 valence electrons. The van der Waals surface area contributed by atoms with Gasteiger partial charge in [0.1, 0.15) is 5.82 Å². The Balaban J connectivity index is 1.59. The first-order valence-electron chi connectivity index (χ1n) is 9.79. The lowest BCUT2D eigenvalue weighted by Crippen LogP contribution is -2.61. The van der Waals surface area contributed by atoms with Crippen LogP contribution in [0.3, 0.4) is 0 Å². The van der Waals surface area contributed by atoms with Gasteiger partial charge in [-0.2, -0.15) is 0 Å². The van der Waals surface area contributed by atoms with Crippen molar-refractivity contribution in [2.24, 2.45) is 5.92 Å². The Kier molecular flexibility index (Phi) is 5.48. The number of ether oxygens (including phenoxy) is 1. The van der Waals surface area contributed by atoms with Crippen molar-refractivity contribution in [2.45, 2.75) is 12.5 Å². The Labute approximate surface area is 165 Å². The molecule has 0 bridgehead atoms. The molecule has 0 saturated carbocycles. The lowest BCUT2D eigenvalue weighted by atomic mass is 9.83. The summed E-state index contributed by atoms with van der Waals surface area (Å²) in [6.07, 6.45) is 0.730. The van der Waals surface area contributed by atoms with Crippen molar-refractivity contribution >= 4 is 17.3 Å². The van der Waals surface area contributed by atoms with Crippen LogP contribution in [0.5, 0.6) is 0 Å². The normalized spacial score (nSPS) is 21.1. The third-order valence-electron chi connectivity index (χ3n) is 5.76. The van der Waals surface area contributed by atoms with E-state index >= 15 is 0 Å². The Morgan fingerprint density at radius 3 is 2.75 bits per heavy atom. The van der Waals surface area contributed by atoms with Crippen LogP contribution in [0.25, 0.3) is 0 Å². The summed E-state index contributed by atoms with van der Waals surface area (Å²) in [5, 5.41) is 3.02. The second-order valence-corrected chi connectivity index (χ2v) is 7.41. The van der Waals surface area contributed by atoms with Crippen LogP contribution >= 0.6 is 0 Å². The number of anilines is 2. The van der Waals surface area contributed by atoms with Crippen LogP contribution in [0.15, 0.2) is 48.5 Å². The molecule has 2 aromatic carbocycles. The lowest BCUT2D eigenvalue weighted by molar-refractivity contribution is -0.126. The van der Waals surface area contributed by atoms with Gasteiger partial charge in [-0.1, -0.05) is 18.2 Å². The molecule has 1 saturated heterocycles. The van der Waals surface area contributed by atoms with Gasteiger partial charge >= 0.3 is 0 Å². The Morgan fingerprint density at radius 2 is 1.96 bits per heavy atom. The van der Waals surface area contributed by atoms with E-state index in [2.05, 4.69) is 33.3 Å². The van der Waals surface area contributed by atoms with E-state index in [1.165, 1.54) is 23.4 Å². The number of halogens is 1. The fourth-order valence-corrected chi connectivity index (χ4v) is 4.35. The van der Waals surface area contributed by atoms with Gasteiger partial charge < -0.3 is 19.9 Å². The highest BCUT2D eigenvalue weighted by Gasteiger charge is 2.41. The molecule has 0 spiro atoms. The molecular formula is C22H26FN3O2. The molecule has 6 heteroatoms. The van der Waals surface area contributed by atoms with Crippen LogP contribution in [0.1, 0.15) is 5.56 Å². The smallest absolute Gasteiger partial charge is 0.225 e. The molecule has 2 atom stereocenters. The van der Waals surface area contributed by atoms with Gasteiger partial charge in [0.15, 0.2) is 0 Å². The molecule has 0 aliphatic carbocycles. The molecule has 28 heavy (non-hydrogen) atoms. The van der Waals surface area contributed by atoms with Gasteiger partial charge in [0.05, 0.1) is 18.6 Å². The number of benzene rings is 2. The zero-order valence-electron chi connectivity index (χ0n) is 16.1. The third kappa shape index (κ3) is 3.69. The van der Waals surface area contributed by atoms with E-state index in [0.29, 0.717) is 13.2 Å². The Hall–Kier alpha value is -2.60. The maximum atomic E-state index is 13.3. The highest BCUT2D eigenvalue weighted by atomic mass is 19.1. The van der Waals surface area contributed by atoms with Crippen molar-refractivity contribution in [3.8, 4) is 0 Å². The van der Waals surface area contributed by atoms with E-state index in [-0.39, 0.29) is 23.7 Å². The summed E-state index contributed by atoms with van der Waals surface area (Å²) < 4.78 is 18.4. The number of hydrogen-bond acceptors (Lipinski definition) is 4. The van der Waals surface area contributed by atoms with Crippen LogP contribution in [0.2, 0.25) is 0 Å². The molecule has 5 nitrogen and oxygen atoms in total. The summed E-state index contributed by atoms with van der Waals surface area (Å²) in [6.45, 7) is 3.44. The van der Waals surface area contributed by atoms with E-state index in [0.717, 1.165) is 31.7 Å². The Bertz CT molecular complexity index is 827. The van der Waals surface area contributed by atoms with Gasteiger partial charge in [0.25, 0.3) is 0 Å². The highest BCUT2D eigenvalue weighted by Crippen LogP contribution is 2.36. The second-order valence-electron chi connectivity index (χ2n) is 7.41. The van der Waals surface area contributed by atoms with E-state index in [1.807, 2.05) is 18.2 Å². The van der Waals surface area contributed by atoms with Gasteiger partial charge in [-0.25, -0.2) is 4.39 Å². The van der Waals surface area contributed by atoms with Crippen molar-refractivity contribution in [2.75, 3.05) is 49.7 Å². The number of carbonyl (C=O) groups is 1. The average Bonchev–Trinajstić information content (AvgIpc) is 2.73. The van der Waals surface area contributed by atoms with E-state index < -0.39 is 0 Å². The summed E-state index contributed by atoms with van der Waals surface area (Å²) in [5.74, 6) is -0.290. The minimum atomic E-state index is -0.232. The molecule has 0 unspecified atom stereocenters. The minimum absolute atomic E-state index is 0.0718. The first-order chi connectivity index (χ1) is 13.7. The lowest BCUT2D eigenvalue weighted by Gasteiger charge is -2.49. The van der Waals surface area contributed by atoms with Gasteiger partial charge in [0, 0.05) is 44.7 Å². The number of hydrogen-bond donors (Lipinski definition) is 1. The topological polar surface area (TPSA) is 44.8 Å². The third-order valence-corrected chi connectivity index (χ3v) is 5.76. The fraction of sp³-hybridized carbons (Fsp3) is 0.409. The van der Waals surface area contributed by atoms with E-state index in [9.17, 15) is 9.18 Å². The quantitative estimate of drug-likeness (QED) is 0.806. The molecule has 0 aromatic heterocycles. The number of methoxy groups -OCH3 is 1. The monoisotopic (exact) mass is 383 g/mol. The number of nitrogens with zero attached hydrogens (tertiary/aromatic N) is 2. The van der Waals surface area contributed by atoms with Crippen molar-refractivity contribution in [1.29, 1.82) is 0 Å². The molecule has 1 amide bonds. The van der Waals surface area contributed by atoms with E-state index in [1.54, 1.807) is 7.11 Å². The predicted molar refractivity (Wildman–Crippen MR) is 108 cm³/mol. The first kappa shape index (κ1) is 18.7. The molecule has 2 aromatic rings. The van der Waals surface area contributed by atoms with Crippen LogP contribution in [-0.4, -0.2) is 51.8 Å². The van der Waals surface area contributed by atoms with Crippen LogP contribution in [0, 0.1) is 11.7 Å². The van der Waals surface area contributed by atoms with Gasteiger partial charge in [-0.3, -0.25) is 4.79 Å². The number of fused-ring (bicyclic) bond motifs is 3. The zero-order valence-corrected chi connectivity index (χ0v) is 16.1. The average molecular weight is 383 g/mol. The van der Waals surface area contributed by atoms with Crippen molar-refractivity contribution in [3.05, 3.63) is 59.9 Å². The molecule has 2 heterocycles. The summed E-state index contributed by atoms with van der Waals surface area (Å²) in [5.41, 5.74) is 3.45. The summed E-state index contributed by atoms with van der Waals surface area (Å²) in [6, 6.07) is 15.1. The van der Waals surface area contributed by atoms with Crippen LogP contribution < -0.4 is 15.1 Å². The van der Waals surface area contributed by atoms with Gasteiger partial charge in [0.2, 0.25) is 5.91 Å². The second kappa shape index (κ2) is 8.19. The molecule has 1 fully saturated rings. The van der Waals surface area contributed by atoms with Gasteiger partial charge in [-0.05, 0) is 42.3 Å². The number of rotatable bonds is 5. The Morgan fingerprint density at radius 1 is 1.18 bits per heavy atom. The zero-order chi connectivity index (χ0) is 19.5. The van der Waals surface area contributed by atoms with Crippen LogP contribution in [0.4, 0.5) is 15.8 Å². The maximum absolute atomic E-state index is 13.3. The molecule has 1 N–H and O–H groups in total. The number of nitrogens with one attached hydrogen (secondary N) is 1. The van der Waals surface area contributed by atoms with Crippen molar-refractivity contribution < 1.29 is 13.9 Å². The standard InChI is InChI=1S/C22H26FN3O2/c1-28-13-10-24-22(27)19-14-16-4-2-3-5-20(16)26-12-11-25(15-21(19)26)18-8-6-17(23)7-9-18/h2-9,19,21H,10-15H2,1H3,(H,24,27)/t19-,21-/m1/s1. The summed E-state index contributed by atoms with van der Waals surface area (Å²) in [4.78, 5) is 17.6. The predicted octanol–water partition coefficient (Wildman–Crippen LogP) is 2.46. The fourth-order valence-electron chi connectivity index (χ4n) is 4.35. The molecule has 0 radical (unpaired) electrons. The van der Waals surface area contributed by atoms with Crippen molar-refractivity contribution in [3.63, 3.8) is 0 Å².